The SMILES string of the molecule is CC(C)CCC[C@@H](C)[C@H]1CC[C@H]2[C@@H]3CC=C4C[C@@H](OC(=O)CCOc5ccc(OCCC(=O)O[C@H]6CC[C@@]7(C)C(=CC[C@H]8[C@@H]9CC[C@H]([C@H](C)CCCC(C)C)[C@@]9(C)CC[C@@H]87)C6)cc5)CC[C@]4(C)[C@H]3CC[C@]12C. The van der Waals surface area contributed by atoms with Crippen molar-refractivity contribution in [3.63, 3.8) is 0 Å². The molecule has 0 bridgehead atoms. The third-order valence-corrected chi connectivity index (χ3v) is 23.1. The van der Waals surface area contributed by atoms with Gasteiger partial charge in [-0.3, -0.25) is 9.59 Å². The van der Waals surface area contributed by atoms with Crippen LogP contribution in [0.3, 0.4) is 0 Å². The number of hydrogen-bond acceptors (Lipinski definition) is 6. The highest BCUT2D eigenvalue weighted by atomic mass is 16.6. The topological polar surface area (TPSA) is 71.1 Å². The molecule has 6 nitrogen and oxygen atoms in total. The molecule has 0 radical (unpaired) electrons. The summed E-state index contributed by atoms with van der Waals surface area (Å²) in [6.45, 7) is 25.7. The van der Waals surface area contributed by atoms with Crippen molar-refractivity contribution in [2.24, 2.45) is 92.7 Å². The van der Waals surface area contributed by atoms with Gasteiger partial charge in [-0.05, 0) is 207 Å². The van der Waals surface area contributed by atoms with Gasteiger partial charge in [0.15, 0.2) is 0 Å². The van der Waals surface area contributed by atoms with Gasteiger partial charge in [-0.15, -0.1) is 0 Å². The van der Waals surface area contributed by atoms with Crippen LogP contribution in [0.4, 0.5) is 0 Å². The number of carbonyl (C=O) groups is 2. The Kier molecular flexibility index (Phi) is 16.8. The van der Waals surface area contributed by atoms with E-state index in [4.69, 9.17) is 18.9 Å². The highest BCUT2D eigenvalue weighted by Crippen LogP contribution is 2.69. The number of allylic oxidation sites excluding steroid dienone is 2. The fourth-order valence-corrected chi connectivity index (χ4v) is 19.1. The van der Waals surface area contributed by atoms with E-state index in [1.165, 1.54) is 103 Å². The molecule has 6 saturated carbocycles. The predicted molar refractivity (Wildman–Crippen MR) is 293 cm³/mol. The number of benzene rings is 1. The lowest BCUT2D eigenvalue weighted by Gasteiger charge is -2.58. The smallest absolute Gasteiger partial charge is 0.309 e. The maximum Gasteiger partial charge on any atom is 0.309 e. The van der Waals surface area contributed by atoms with Crippen LogP contribution in [0.1, 0.15) is 223 Å². The first-order valence-electron chi connectivity index (χ1n) is 30.5. The number of rotatable bonds is 20. The third-order valence-electron chi connectivity index (χ3n) is 23.1. The molecular weight excluding hydrogens is 889 g/mol. The largest absolute Gasteiger partial charge is 0.493 e. The van der Waals surface area contributed by atoms with Crippen LogP contribution in [0.25, 0.3) is 0 Å². The molecule has 16 atom stereocenters. The lowest BCUT2D eigenvalue weighted by molar-refractivity contribution is -0.153. The maximum absolute atomic E-state index is 13.1. The van der Waals surface area contributed by atoms with Crippen molar-refractivity contribution >= 4 is 11.9 Å². The van der Waals surface area contributed by atoms with Gasteiger partial charge >= 0.3 is 11.9 Å². The number of esters is 2. The monoisotopic (exact) mass is 991 g/mol. The Morgan fingerprint density at radius 3 is 1.31 bits per heavy atom. The van der Waals surface area contributed by atoms with Gasteiger partial charge in [0.1, 0.15) is 23.7 Å². The Balaban J connectivity index is 0.663. The molecule has 8 aliphatic rings. The van der Waals surface area contributed by atoms with Crippen LogP contribution in [-0.2, 0) is 19.1 Å². The molecule has 0 unspecified atom stereocenters. The van der Waals surface area contributed by atoms with Crippen LogP contribution in [0.2, 0.25) is 0 Å². The average Bonchev–Trinajstić information content (AvgIpc) is 3.89. The van der Waals surface area contributed by atoms with Crippen LogP contribution in [0.5, 0.6) is 11.5 Å². The fraction of sp³-hybridized carbons (Fsp3) is 0.818. The summed E-state index contributed by atoms with van der Waals surface area (Å²) in [6, 6.07) is 7.47. The minimum absolute atomic E-state index is 0.0359. The lowest BCUT2D eigenvalue weighted by Crippen LogP contribution is -2.51. The Hall–Kier alpha value is -2.76. The van der Waals surface area contributed by atoms with E-state index in [9.17, 15) is 9.59 Å². The van der Waals surface area contributed by atoms with E-state index < -0.39 is 0 Å². The van der Waals surface area contributed by atoms with E-state index in [1.807, 2.05) is 24.3 Å². The molecule has 0 aliphatic heterocycles. The second kappa shape index (κ2) is 22.4. The molecule has 1 aromatic rings. The van der Waals surface area contributed by atoms with Gasteiger partial charge in [0.05, 0.1) is 26.1 Å². The summed E-state index contributed by atoms with van der Waals surface area (Å²) in [6.07, 6.45) is 33.5. The number of ether oxygens (including phenoxy) is 4. The van der Waals surface area contributed by atoms with Crippen molar-refractivity contribution in [1.82, 2.24) is 0 Å². The second-order valence-corrected chi connectivity index (χ2v) is 28.0. The predicted octanol–water partition coefficient (Wildman–Crippen LogP) is 17.1. The van der Waals surface area contributed by atoms with Crippen molar-refractivity contribution in [2.75, 3.05) is 13.2 Å². The molecule has 8 aliphatic carbocycles. The van der Waals surface area contributed by atoms with Crippen LogP contribution in [0.15, 0.2) is 47.6 Å². The molecule has 6 fully saturated rings. The summed E-state index contributed by atoms with van der Waals surface area (Å²) in [4.78, 5) is 26.2. The van der Waals surface area contributed by atoms with E-state index in [-0.39, 0.29) is 61.0 Å². The number of carbonyl (C=O) groups excluding carboxylic acids is 2. The summed E-state index contributed by atoms with van der Waals surface area (Å²) in [7, 11) is 0. The van der Waals surface area contributed by atoms with Gasteiger partial charge in [0, 0.05) is 12.8 Å². The van der Waals surface area contributed by atoms with Crippen molar-refractivity contribution in [1.29, 1.82) is 0 Å². The molecule has 0 saturated heterocycles. The summed E-state index contributed by atoms with van der Waals surface area (Å²) in [5, 5.41) is 0. The summed E-state index contributed by atoms with van der Waals surface area (Å²) < 4.78 is 24.2. The normalized spacial score (nSPS) is 38.7. The van der Waals surface area contributed by atoms with Crippen molar-refractivity contribution in [3.8, 4) is 11.5 Å². The summed E-state index contributed by atoms with van der Waals surface area (Å²) >= 11 is 0. The molecule has 9 rings (SSSR count). The lowest BCUT2D eigenvalue weighted by atomic mass is 9.47. The Morgan fingerprint density at radius 2 is 0.917 bits per heavy atom. The van der Waals surface area contributed by atoms with Gasteiger partial charge in [-0.1, -0.05) is 131 Å². The maximum atomic E-state index is 13.1. The zero-order chi connectivity index (χ0) is 51.0. The third kappa shape index (κ3) is 11.1. The van der Waals surface area contributed by atoms with Gasteiger partial charge in [0.25, 0.3) is 0 Å². The van der Waals surface area contributed by atoms with Gasteiger partial charge in [0.2, 0.25) is 0 Å². The van der Waals surface area contributed by atoms with E-state index in [1.54, 1.807) is 11.1 Å². The van der Waals surface area contributed by atoms with Crippen LogP contribution in [0, 0.1) is 92.7 Å². The molecule has 6 heteroatoms. The van der Waals surface area contributed by atoms with Gasteiger partial charge in [-0.2, -0.15) is 0 Å². The van der Waals surface area contributed by atoms with E-state index in [0.29, 0.717) is 22.3 Å². The minimum atomic E-state index is -0.171. The molecule has 1 aromatic carbocycles. The molecule has 0 spiro atoms. The standard InChI is InChI=1S/C66H102O6/c1-43(2)13-11-15-45(5)55-25-27-57-53-23-17-47-41-51(29-35-63(47,7)59(53)31-37-65(55,57)9)71-61(67)33-39-69-49-19-21-50(22-20-49)70-40-34-62(68)72-52-30-36-64(8)48(42-52)18-24-54-58-28-26-56(46(6)16-12-14-44(3)4)66(58,10)38-32-60(54)64/h17-22,43-46,51-60H,11-16,23-42H2,1-10H3/t45-,46-,51+,52+,53+,54+,55-,56-,57+,58+,59+,60+,63+,64+,65-,66-/m1/s1. The summed E-state index contributed by atoms with van der Waals surface area (Å²) in [5.41, 5.74) is 4.63. The number of hydrogen-bond donors (Lipinski definition) is 0. The van der Waals surface area contributed by atoms with Crippen molar-refractivity contribution < 1.29 is 28.5 Å². The molecule has 72 heavy (non-hydrogen) atoms. The van der Waals surface area contributed by atoms with E-state index in [2.05, 4.69) is 81.4 Å². The Bertz CT molecular complexity index is 1920. The first kappa shape index (κ1) is 54.0. The fourth-order valence-electron chi connectivity index (χ4n) is 19.1. The van der Waals surface area contributed by atoms with E-state index >= 15 is 0 Å². The quantitative estimate of drug-likeness (QED) is 0.0957. The van der Waals surface area contributed by atoms with Crippen LogP contribution >= 0.6 is 0 Å². The second-order valence-electron chi connectivity index (χ2n) is 28.0. The minimum Gasteiger partial charge on any atom is -0.493 e. The number of fused-ring (bicyclic) bond motifs is 10. The molecule has 0 N–H and O–H groups in total. The molecular formula is C66H102O6. The Morgan fingerprint density at radius 1 is 0.514 bits per heavy atom. The highest BCUT2D eigenvalue weighted by Gasteiger charge is 2.61. The highest BCUT2D eigenvalue weighted by molar-refractivity contribution is 5.70. The first-order chi connectivity index (χ1) is 34.4. The molecule has 0 heterocycles. The zero-order valence-corrected chi connectivity index (χ0v) is 47.4. The van der Waals surface area contributed by atoms with Crippen LogP contribution in [-0.4, -0.2) is 37.4 Å². The molecule has 402 valence electrons. The van der Waals surface area contributed by atoms with Crippen molar-refractivity contribution in [3.05, 3.63) is 47.6 Å². The van der Waals surface area contributed by atoms with Gasteiger partial charge < -0.3 is 18.9 Å². The molecule has 0 aromatic heterocycles. The first-order valence-corrected chi connectivity index (χ1v) is 30.5. The van der Waals surface area contributed by atoms with Gasteiger partial charge in [-0.25, -0.2) is 0 Å². The Labute approximate surface area is 439 Å². The van der Waals surface area contributed by atoms with Crippen molar-refractivity contribution in [2.45, 2.75) is 236 Å². The summed E-state index contributed by atoms with van der Waals surface area (Å²) in [5.74, 6) is 11.0. The zero-order valence-electron chi connectivity index (χ0n) is 47.4. The average molecular weight is 992 g/mol. The van der Waals surface area contributed by atoms with Crippen LogP contribution < -0.4 is 9.47 Å². The molecule has 0 amide bonds. The van der Waals surface area contributed by atoms with E-state index in [0.717, 1.165) is 110 Å².